The van der Waals surface area contributed by atoms with Crippen LogP contribution in [0.3, 0.4) is 0 Å². The predicted molar refractivity (Wildman–Crippen MR) is 87.0 cm³/mol. The Hall–Kier alpha value is -1.83. The molecule has 0 spiro atoms. The van der Waals surface area contributed by atoms with E-state index < -0.39 is 0 Å². The molecule has 1 rings (SSSR count). The highest BCUT2D eigenvalue weighted by atomic mass is 16.1. The van der Waals surface area contributed by atoms with Crippen LogP contribution in [0.4, 0.5) is 0 Å². The van der Waals surface area contributed by atoms with Crippen LogP contribution >= 0.6 is 0 Å². The summed E-state index contributed by atoms with van der Waals surface area (Å²) in [6.07, 6.45) is 0. The molecule has 0 aliphatic rings. The van der Waals surface area contributed by atoms with Crippen molar-refractivity contribution in [2.75, 3.05) is 33.7 Å². The van der Waals surface area contributed by atoms with Gasteiger partial charge >= 0.3 is 0 Å². The minimum atomic E-state index is -0.0711. The molecule has 0 aliphatic carbocycles. The second kappa shape index (κ2) is 7.82. The molecule has 4 heteroatoms. The molecule has 0 unspecified atom stereocenters. The van der Waals surface area contributed by atoms with Gasteiger partial charge < -0.3 is 16.0 Å². The first kappa shape index (κ1) is 17.2. The normalized spacial score (nSPS) is 11.0. The third-order valence-corrected chi connectivity index (χ3v) is 2.93. The monoisotopic (exact) mass is 287 g/mol. The zero-order valence-electron chi connectivity index (χ0n) is 13.4. The zero-order valence-corrected chi connectivity index (χ0v) is 13.4. The van der Waals surface area contributed by atoms with E-state index in [4.69, 9.17) is 5.73 Å². The SMILES string of the molecule is CN(C)CC(C)(C)CNC(=O)c1cccc(C#CCN)c1. The van der Waals surface area contributed by atoms with Crippen molar-refractivity contribution in [3.05, 3.63) is 35.4 Å². The van der Waals surface area contributed by atoms with Crippen LogP contribution in [0.1, 0.15) is 29.8 Å². The summed E-state index contributed by atoms with van der Waals surface area (Å²) in [5.74, 6) is 5.65. The fraction of sp³-hybridized carbons (Fsp3) is 0.471. The highest BCUT2D eigenvalue weighted by Crippen LogP contribution is 2.14. The number of nitrogens with two attached hydrogens (primary N) is 1. The minimum absolute atomic E-state index is 0.0239. The third-order valence-electron chi connectivity index (χ3n) is 2.93. The highest BCUT2D eigenvalue weighted by Gasteiger charge is 2.20. The van der Waals surface area contributed by atoms with Crippen LogP contribution in [-0.4, -0.2) is 44.5 Å². The number of carbonyl (C=O) groups is 1. The number of rotatable bonds is 5. The molecule has 0 saturated heterocycles. The van der Waals surface area contributed by atoms with Gasteiger partial charge in [-0.15, -0.1) is 0 Å². The number of hydrogen-bond donors (Lipinski definition) is 2. The average Bonchev–Trinajstić information content (AvgIpc) is 2.41. The third kappa shape index (κ3) is 6.44. The number of amides is 1. The Morgan fingerprint density at radius 2 is 2.10 bits per heavy atom. The number of carbonyl (C=O) groups excluding carboxylic acids is 1. The molecule has 1 amide bonds. The maximum absolute atomic E-state index is 12.2. The van der Waals surface area contributed by atoms with Gasteiger partial charge in [0.2, 0.25) is 0 Å². The molecule has 114 valence electrons. The Bertz CT molecular complexity index is 538. The largest absolute Gasteiger partial charge is 0.351 e. The molecule has 0 heterocycles. The lowest BCUT2D eigenvalue weighted by atomic mass is 9.93. The molecule has 0 fully saturated rings. The second-order valence-corrected chi connectivity index (χ2v) is 6.17. The van der Waals surface area contributed by atoms with E-state index in [2.05, 4.69) is 35.9 Å². The highest BCUT2D eigenvalue weighted by molar-refractivity contribution is 5.94. The maximum Gasteiger partial charge on any atom is 0.251 e. The van der Waals surface area contributed by atoms with Gasteiger partial charge in [0, 0.05) is 24.2 Å². The molecule has 0 aliphatic heterocycles. The molecule has 1 aromatic rings. The summed E-state index contributed by atoms with van der Waals surface area (Å²) in [6, 6.07) is 7.29. The molecule has 0 bridgehead atoms. The topological polar surface area (TPSA) is 58.4 Å². The van der Waals surface area contributed by atoms with E-state index in [9.17, 15) is 4.79 Å². The summed E-state index contributed by atoms with van der Waals surface area (Å²) in [5.41, 5.74) is 6.81. The van der Waals surface area contributed by atoms with Gasteiger partial charge in [-0.25, -0.2) is 0 Å². The number of benzene rings is 1. The molecule has 0 saturated carbocycles. The fourth-order valence-corrected chi connectivity index (χ4v) is 2.22. The van der Waals surface area contributed by atoms with Gasteiger partial charge in [0.1, 0.15) is 0 Å². The summed E-state index contributed by atoms with van der Waals surface area (Å²) >= 11 is 0. The van der Waals surface area contributed by atoms with Crippen LogP contribution in [0.25, 0.3) is 0 Å². The van der Waals surface area contributed by atoms with Crippen LogP contribution in [0.2, 0.25) is 0 Å². The first-order chi connectivity index (χ1) is 9.84. The van der Waals surface area contributed by atoms with Gasteiger partial charge in [0.25, 0.3) is 5.91 Å². The van der Waals surface area contributed by atoms with Crippen molar-refractivity contribution in [3.8, 4) is 11.8 Å². The van der Waals surface area contributed by atoms with E-state index in [0.29, 0.717) is 18.7 Å². The Labute approximate surface area is 127 Å². The lowest BCUT2D eigenvalue weighted by Crippen LogP contribution is -2.39. The van der Waals surface area contributed by atoms with Crippen LogP contribution in [0, 0.1) is 17.3 Å². The Balaban J connectivity index is 2.68. The minimum Gasteiger partial charge on any atom is -0.351 e. The van der Waals surface area contributed by atoms with Crippen LogP contribution in [0.15, 0.2) is 24.3 Å². The lowest BCUT2D eigenvalue weighted by Gasteiger charge is -2.28. The van der Waals surface area contributed by atoms with Crippen molar-refractivity contribution in [2.24, 2.45) is 11.1 Å². The zero-order chi connectivity index (χ0) is 15.9. The second-order valence-electron chi connectivity index (χ2n) is 6.17. The number of hydrogen-bond acceptors (Lipinski definition) is 3. The first-order valence-electron chi connectivity index (χ1n) is 7.06. The summed E-state index contributed by atoms with van der Waals surface area (Å²) in [6.45, 7) is 6.13. The van der Waals surface area contributed by atoms with E-state index >= 15 is 0 Å². The van der Waals surface area contributed by atoms with Gasteiger partial charge in [-0.1, -0.05) is 31.8 Å². The van der Waals surface area contributed by atoms with E-state index in [0.717, 1.165) is 12.1 Å². The fourth-order valence-electron chi connectivity index (χ4n) is 2.22. The number of nitrogens with zero attached hydrogens (tertiary/aromatic N) is 1. The van der Waals surface area contributed by atoms with Crippen molar-refractivity contribution < 1.29 is 4.79 Å². The molecule has 4 nitrogen and oxygen atoms in total. The predicted octanol–water partition coefficient (Wildman–Crippen LogP) is 1.31. The van der Waals surface area contributed by atoms with Gasteiger partial charge in [-0.2, -0.15) is 0 Å². The summed E-state index contributed by atoms with van der Waals surface area (Å²) in [5, 5.41) is 2.99. The van der Waals surface area contributed by atoms with Gasteiger partial charge in [0.15, 0.2) is 0 Å². The Morgan fingerprint density at radius 3 is 2.71 bits per heavy atom. The quantitative estimate of drug-likeness (QED) is 0.803. The summed E-state index contributed by atoms with van der Waals surface area (Å²) < 4.78 is 0. The van der Waals surface area contributed by atoms with Crippen molar-refractivity contribution in [3.63, 3.8) is 0 Å². The van der Waals surface area contributed by atoms with Crippen molar-refractivity contribution in [1.82, 2.24) is 10.2 Å². The van der Waals surface area contributed by atoms with Gasteiger partial charge in [-0.05, 0) is 37.7 Å². The molecule has 0 radical (unpaired) electrons. The molecule has 3 N–H and O–H groups in total. The van der Waals surface area contributed by atoms with E-state index in [1.165, 1.54) is 0 Å². The average molecular weight is 287 g/mol. The Kier molecular flexibility index (Phi) is 6.41. The van der Waals surface area contributed by atoms with Crippen molar-refractivity contribution >= 4 is 5.91 Å². The first-order valence-corrected chi connectivity index (χ1v) is 7.06. The number of nitrogens with one attached hydrogen (secondary N) is 1. The maximum atomic E-state index is 12.2. The van der Waals surface area contributed by atoms with Crippen molar-refractivity contribution in [1.29, 1.82) is 0 Å². The van der Waals surface area contributed by atoms with Crippen LogP contribution < -0.4 is 11.1 Å². The van der Waals surface area contributed by atoms with Gasteiger partial charge in [-0.3, -0.25) is 4.79 Å². The molecular weight excluding hydrogens is 262 g/mol. The van der Waals surface area contributed by atoms with Crippen LogP contribution in [-0.2, 0) is 0 Å². The molecular formula is C17H25N3O. The lowest BCUT2D eigenvalue weighted by molar-refractivity contribution is 0.0929. The summed E-state index contributed by atoms with van der Waals surface area (Å²) in [7, 11) is 4.06. The van der Waals surface area contributed by atoms with Crippen LogP contribution in [0.5, 0.6) is 0 Å². The molecule has 1 aromatic carbocycles. The molecule has 0 aromatic heterocycles. The van der Waals surface area contributed by atoms with E-state index in [1.807, 2.05) is 26.2 Å². The Morgan fingerprint density at radius 1 is 1.38 bits per heavy atom. The smallest absolute Gasteiger partial charge is 0.251 e. The van der Waals surface area contributed by atoms with Gasteiger partial charge in [0.05, 0.1) is 6.54 Å². The standard InChI is InChI=1S/C17H25N3O/c1-17(2,13-20(3)4)12-19-16(21)15-9-5-7-14(11-15)8-6-10-18/h5,7,9,11H,10,12-13,18H2,1-4H3,(H,19,21). The van der Waals surface area contributed by atoms with E-state index in [1.54, 1.807) is 12.1 Å². The van der Waals surface area contributed by atoms with E-state index in [-0.39, 0.29) is 11.3 Å². The molecule has 21 heavy (non-hydrogen) atoms. The summed E-state index contributed by atoms with van der Waals surface area (Å²) in [4.78, 5) is 14.3. The molecule has 0 atom stereocenters. The van der Waals surface area contributed by atoms with Crippen molar-refractivity contribution in [2.45, 2.75) is 13.8 Å².